The number of hydrogen-bond acceptors (Lipinski definition) is 2. The monoisotopic (exact) mass is 398 g/mol. The molecule has 0 saturated carbocycles. The summed E-state index contributed by atoms with van der Waals surface area (Å²) in [5.74, 6) is -0.293. The molecule has 0 bridgehead atoms. The van der Waals surface area contributed by atoms with Crippen LogP contribution >= 0.6 is 0 Å². The van der Waals surface area contributed by atoms with E-state index in [0.29, 0.717) is 25.4 Å². The first-order valence-corrected chi connectivity index (χ1v) is 10.2. The second-order valence-corrected chi connectivity index (χ2v) is 7.87. The van der Waals surface area contributed by atoms with Gasteiger partial charge in [0.05, 0.1) is 6.42 Å². The van der Waals surface area contributed by atoms with Crippen molar-refractivity contribution in [2.75, 3.05) is 6.54 Å². The topological polar surface area (TPSA) is 49.4 Å². The van der Waals surface area contributed by atoms with Crippen LogP contribution in [-0.4, -0.2) is 29.3 Å². The van der Waals surface area contributed by atoms with E-state index in [1.807, 2.05) is 52.0 Å². The molecule has 0 radical (unpaired) electrons. The van der Waals surface area contributed by atoms with E-state index >= 15 is 0 Å². The van der Waals surface area contributed by atoms with Gasteiger partial charge in [0, 0.05) is 13.1 Å². The van der Waals surface area contributed by atoms with Crippen LogP contribution in [0.2, 0.25) is 0 Å². The number of halogens is 1. The van der Waals surface area contributed by atoms with Crippen LogP contribution in [0.25, 0.3) is 0 Å². The zero-order valence-corrected chi connectivity index (χ0v) is 17.7. The Bertz CT molecular complexity index is 801. The Morgan fingerprint density at radius 1 is 1.00 bits per heavy atom. The van der Waals surface area contributed by atoms with Gasteiger partial charge in [0.25, 0.3) is 0 Å². The Hall–Kier alpha value is -2.69. The molecule has 0 fully saturated rings. The van der Waals surface area contributed by atoms with Gasteiger partial charge in [-0.05, 0) is 42.5 Å². The van der Waals surface area contributed by atoms with Crippen molar-refractivity contribution in [1.29, 1.82) is 0 Å². The Labute approximate surface area is 173 Å². The minimum Gasteiger partial charge on any atom is -0.354 e. The first kappa shape index (κ1) is 22.6. The number of amides is 2. The maximum absolute atomic E-state index is 13.2. The molecule has 156 valence electrons. The third kappa shape index (κ3) is 7.00. The number of carbonyl (C=O) groups excluding carboxylic acids is 2. The Balaban J connectivity index is 2.24. The quantitative estimate of drug-likeness (QED) is 0.686. The number of hydrogen-bond donors (Lipinski definition) is 1. The summed E-state index contributed by atoms with van der Waals surface area (Å²) in [5.41, 5.74) is 2.83. The van der Waals surface area contributed by atoms with Crippen LogP contribution in [0, 0.1) is 18.7 Å². The number of nitrogens with one attached hydrogen (secondary N) is 1. The van der Waals surface area contributed by atoms with Crippen molar-refractivity contribution in [2.45, 2.75) is 53.1 Å². The van der Waals surface area contributed by atoms with E-state index in [0.717, 1.165) is 16.7 Å². The molecule has 0 unspecified atom stereocenters. The van der Waals surface area contributed by atoms with Crippen LogP contribution < -0.4 is 5.32 Å². The lowest BCUT2D eigenvalue weighted by Gasteiger charge is -2.31. The molecule has 0 aliphatic rings. The molecule has 0 saturated heterocycles. The lowest BCUT2D eigenvalue weighted by molar-refractivity contribution is -0.141. The summed E-state index contributed by atoms with van der Waals surface area (Å²) in [5, 5.41) is 2.95. The standard InChI is InChI=1S/C24H31FN2O2/c1-5-22(24(29)26-15-17(2)3)27(16-20-8-6-18(4)7-9-20)23(28)14-19-10-12-21(25)13-11-19/h6-13,17,22H,5,14-16H2,1-4H3,(H,26,29)/t22-/m1/s1. The van der Waals surface area contributed by atoms with E-state index in [9.17, 15) is 14.0 Å². The minimum absolute atomic E-state index is 0.125. The van der Waals surface area contributed by atoms with Crippen molar-refractivity contribution >= 4 is 11.8 Å². The highest BCUT2D eigenvalue weighted by Gasteiger charge is 2.28. The molecule has 0 aliphatic carbocycles. The second-order valence-electron chi connectivity index (χ2n) is 7.87. The van der Waals surface area contributed by atoms with Crippen LogP contribution in [0.4, 0.5) is 4.39 Å². The number of carbonyl (C=O) groups is 2. The highest BCUT2D eigenvalue weighted by atomic mass is 19.1. The molecular formula is C24H31FN2O2. The van der Waals surface area contributed by atoms with E-state index in [4.69, 9.17) is 0 Å². The van der Waals surface area contributed by atoms with Gasteiger partial charge >= 0.3 is 0 Å². The molecule has 2 rings (SSSR count). The van der Waals surface area contributed by atoms with Gasteiger partial charge in [-0.25, -0.2) is 4.39 Å². The van der Waals surface area contributed by atoms with Gasteiger partial charge in [0.15, 0.2) is 0 Å². The van der Waals surface area contributed by atoms with Crippen molar-refractivity contribution in [1.82, 2.24) is 10.2 Å². The molecule has 0 spiro atoms. The zero-order chi connectivity index (χ0) is 21.4. The summed E-state index contributed by atoms with van der Waals surface area (Å²) in [6, 6.07) is 13.3. The van der Waals surface area contributed by atoms with Crippen LogP contribution in [0.15, 0.2) is 48.5 Å². The highest BCUT2D eigenvalue weighted by molar-refractivity contribution is 5.88. The maximum Gasteiger partial charge on any atom is 0.242 e. The fraction of sp³-hybridized carbons (Fsp3) is 0.417. The number of aryl methyl sites for hydroxylation is 1. The summed E-state index contributed by atoms with van der Waals surface area (Å²) in [7, 11) is 0. The first-order valence-electron chi connectivity index (χ1n) is 10.2. The normalized spacial score (nSPS) is 11.9. The van der Waals surface area contributed by atoms with Gasteiger partial charge in [-0.2, -0.15) is 0 Å². The third-order valence-electron chi connectivity index (χ3n) is 4.81. The zero-order valence-electron chi connectivity index (χ0n) is 17.7. The molecule has 29 heavy (non-hydrogen) atoms. The Kier molecular flexibility index (Phi) is 8.37. The molecule has 5 heteroatoms. The second kappa shape index (κ2) is 10.7. The number of rotatable bonds is 9. The maximum atomic E-state index is 13.2. The summed E-state index contributed by atoms with van der Waals surface area (Å²) < 4.78 is 13.2. The molecular weight excluding hydrogens is 367 g/mol. The van der Waals surface area contributed by atoms with Crippen LogP contribution in [0.5, 0.6) is 0 Å². The highest BCUT2D eigenvalue weighted by Crippen LogP contribution is 2.16. The van der Waals surface area contributed by atoms with Crippen molar-refractivity contribution < 1.29 is 14.0 Å². The van der Waals surface area contributed by atoms with E-state index in [1.54, 1.807) is 17.0 Å². The summed E-state index contributed by atoms with van der Waals surface area (Å²) in [6.07, 6.45) is 0.644. The van der Waals surface area contributed by atoms with Crippen LogP contribution in [-0.2, 0) is 22.6 Å². The predicted molar refractivity (Wildman–Crippen MR) is 114 cm³/mol. The van der Waals surface area contributed by atoms with Crippen molar-refractivity contribution in [2.24, 2.45) is 5.92 Å². The minimum atomic E-state index is -0.553. The molecule has 0 aromatic heterocycles. The van der Waals surface area contributed by atoms with Crippen molar-refractivity contribution in [3.05, 3.63) is 71.0 Å². The average molecular weight is 399 g/mol. The molecule has 1 N–H and O–H groups in total. The van der Waals surface area contributed by atoms with Gasteiger partial charge in [-0.15, -0.1) is 0 Å². The molecule has 2 amide bonds. The van der Waals surface area contributed by atoms with E-state index in [1.165, 1.54) is 12.1 Å². The van der Waals surface area contributed by atoms with E-state index in [-0.39, 0.29) is 24.1 Å². The van der Waals surface area contributed by atoms with Crippen LogP contribution in [0.3, 0.4) is 0 Å². The van der Waals surface area contributed by atoms with Gasteiger partial charge in [0.1, 0.15) is 11.9 Å². The Morgan fingerprint density at radius 3 is 2.14 bits per heavy atom. The molecule has 2 aromatic carbocycles. The molecule has 1 atom stereocenters. The molecule has 4 nitrogen and oxygen atoms in total. The van der Waals surface area contributed by atoms with Crippen LogP contribution in [0.1, 0.15) is 43.9 Å². The molecule has 0 heterocycles. The average Bonchev–Trinajstić information content (AvgIpc) is 2.69. The van der Waals surface area contributed by atoms with Gasteiger partial charge in [-0.3, -0.25) is 9.59 Å². The van der Waals surface area contributed by atoms with Crippen molar-refractivity contribution in [3.63, 3.8) is 0 Å². The SMILES string of the molecule is CC[C@H](C(=O)NCC(C)C)N(Cc1ccc(C)cc1)C(=O)Cc1ccc(F)cc1. The fourth-order valence-electron chi connectivity index (χ4n) is 3.11. The summed E-state index contributed by atoms with van der Waals surface area (Å²) in [6.45, 7) is 8.91. The lowest BCUT2D eigenvalue weighted by atomic mass is 10.1. The van der Waals surface area contributed by atoms with Gasteiger partial charge in [-0.1, -0.05) is 62.7 Å². The van der Waals surface area contributed by atoms with Gasteiger partial charge < -0.3 is 10.2 Å². The summed E-state index contributed by atoms with van der Waals surface area (Å²) in [4.78, 5) is 27.6. The lowest BCUT2D eigenvalue weighted by Crippen LogP contribution is -2.50. The number of nitrogens with zero attached hydrogens (tertiary/aromatic N) is 1. The first-order chi connectivity index (χ1) is 13.8. The largest absolute Gasteiger partial charge is 0.354 e. The summed E-state index contributed by atoms with van der Waals surface area (Å²) >= 11 is 0. The molecule has 0 aliphatic heterocycles. The third-order valence-corrected chi connectivity index (χ3v) is 4.81. The molecule has 2 aromatic rings. The fourth-order valence-corrected chi connectivity index (χ4v) is 3.11. The predicted octanol–water partition coefficient (Wildman–Crippen LogP) is 4.26. The van der Waals surface area contributed by atoms with Crippen molar-refractivity contribution in [3.8, 4) is 0 Å². The van der Waals surface area contributed by atoms with E-state index < -0.39 is 6.04 Å². The smallest absolute Gasteiger partial charge is 0.242 e. The number of benzene rings is 2. The Morgan fingerprint density at radius 2 is 1.59 bits per heavy atom. The van der Waals surface area contributed by atoms with E-state index in [2.05, 4.69) is 5.32 Å². The van der Waals surface area contributed by atoms with Gasteiger partial charge in [0.2, 0.25) is 11.8 Å².